The highest BCUT2D eigenvalue weighted by Gasteiger charge is 2.25. The highest BCUT2D eigenvalue weighted by molar-refractivity contribution is 6.32. The molecule has 1 fully saturated rings. The predicted molar refractivity (Wildman–Crippen MR) is 106 cm³/mol. The Morgan fingerprint density at radius 1 is 1.21 bits per heavy atom. The molecule has 2 amide bonds. The predicted octanol–water partition coefficient (Wildman–Crippen LogP) is 3.60. The summed E-state index contributed by atoms with van der Waals surface area (Å²) in [5, 5.41) is 3.35. The van der Waals surface area contributed by atoms with Gasteiger partial charge in [0.25, 0.3) is 11.8 Å². The van der Waals surface area contributed by atoms with Crippen LogP contribution in [0.25, 0.3) is 0 Å². The first-order valence-corrected chi connectivity index (χ1v) is 9.71. The van der Waals surface area contributed by atoms with Crippen LogP contribution in [0.3, 0.4) is 0 Å². The Labute approximate surface area is 168 Å². The number of piperidine rings is 1. The normalized spacial score (nSPS) is 16.8. The van der Waals surface area contributed by atoms with E-state index in [2.05, 4.69) is 5.32 Å². The fraction of sp³-hybridized carbons (Fsp3) is 0.333. The molecule has 0 aliphatic carbocycles. The van der Waals surface area contributed by atoms with E-state index in [0.717, 1.165) is 12.8 Å². The molecule has 28 heavy (non-hydrogen) atoms. The van der Waals surface area contributed by atoms with Gasteiger partial charge in [-0.15, -0.1) is 0 Å². The highest BCUT2D eigenvalue weighted by Crippen LogP contribution is 2.30. The van der Waals surface area contributed by atoms with Crippen LogP contribution in [0.5, 0.6) is 11.5 Å². The summed E-state index contributed by atoms with van der Waals surface area (Å²) in [7, 11) is 0. The lowest BCUT2D eigenvalue weighted by Crippen LogP contribution is -2.39. The van der Waals surface area contributed by atoms with Crippen molar-refractivity contribution in [3.05, 3.63) is 53.1 Å². The van der Waals surface area contributed by atoms with Gasteiger partial charge in [0.2, 0.25) is 0 Å². The van der Waals surface area contributed by atoms with E-state index in [4.69, 9.17) is 21.1 Å². The first-order valence-electron chi connectivity index (χ1n) is 9.33. The van der Waals surface area contributed by atoms with Gasteiger partial charge in [0.05, 0.1) is 17.3 Å². The largest absolute Gasteiger partial charge is 0.492 e. The zero-order valence-electron chi connectivity index (χ0n) is 15.3. The van der Waals surface area contributed by atoms with Crippen LogP contribution in [0, 0.1) is 5.92 Å². The first-order chi connectivity index (χ1) is 13.6. The molecule has 0 radical (unpaired) electrons. The molecule has 2 heterocycles. The Hall–Kier alpha value is -2.73. The zero-order valence-corrected chi connectivity index (χ0v) is 16.1. The summed E-state index contributed by atoms with van der Waals surface area (Å²) in [6.45, 7) is 1.95. The average molecular weight is 401 g/mol. The SMILES string of the molecule is O=C1COc2ccc(C(=O)N3CCC(COc4ccccc4Cl)CC3)cc2N1. The van der Waals surface area contributed by atoms with Gasteiger partial charge in [-0.05, 0) is 49.1 Å². The molecule has 2 aliphatic heterocycles. The summed E-state index contributed by atoms with van der Waals surface area (Å²) in [4.78, 5) is 26.1. The lowest BCUT2D eigenvalue weighted by Gasteiger charge is -2.32. The van der Waals surface area contributed by atoms with Crippen molar-refractivity contribution < 1.29 is 19.1 Å². The average Bonchev–Trinajstić information content (AvgIpc) is 2.72. The van der Waals surface area contributed by atoms with Crippen molar-refractivity contribution in [2.75, 3.05) is 31.6 Å². The number of nitrogens with one attached hydrogen (secondary N) is 1. The van der Waals surface area contributed by atoms with E-state index in [9.17, 15) is 9.59 Å². The smallest absolute Gasteiger partial charge is 0.262 e. The lowest BCUT2D eigenvalue weighted by molar-refractivity contribution is -0.118. The topological polar surface area (TPSA) is 67.9 Å². The summed E-state index contributed by atoms with van der Waals surface area (Å²) in [5.74, 6) is 1.42. The molecule has 4 rings (SSSR count). The van der Waals surface area contributed by atoms with Gasteiger partial charge >= 0.3 is 0 Å². The van der Waals surface area contributed by atoms with Crippen molar-refractivity contribution in [2.45, 2.75) is 12.8 Å². The van der Waals surface area contributed by atoms with Gasteiger partial charge in [-0.1, -0.05) is 23.7 Å². The van der Waals surface area contributed by atoms with E-state index >= 15 is 0 Å². The molecular formula is C21H21ClN2O4. The van der Waals surface area contributed by atoms with Gasteiger partial charge in [0.1, 0.15) is 11.5 Å². The lowest BCUT2D eigenvalue weighted by atomic mass is 9.97. The number of nitrogens with zero attached hydrogens (tertiary/aromatic N) is 1. The highest BCUT2D eigenvalue weighted by atomic mass is 35.5. The van der Waals surface area contributed by atoms with Gasteiger partial charge in [0, 0.05) is 18.7 Å². The summed E-state index contributed by atoms with van der Waals surface area (Å²) in [6, 6.07) is 12.6. The number of para-hydroxylation sites is 1. The Balaban J connectivity index is 1.32. The van der Waals surface area contributed by atoms with Crippen LogP contribution in [0.4, 0.5) is 5.69 Å². The van der Waals surface area contributed by atoms with E-state index in [1.165, 1.54) is 0 Å². The molecule has 2 aliphatic rings. The molecule has 0 aromatic heterocycles. The molecule has 2 aromatic carbocycles. The zero-order chi connectivity index (χ0) is 19.5. The molecule has 0 saturated carbocycles. The number of carbonyl (C=O) groups excluding carboxylic acids is 2. The molecule has 1 saturated heterocycles. The van der Waals surface area contributed by atoms with Crippen molar-refractivity contribution in [3.8, 4) is 11.5 Å². The maximum absolute atomic E-state index is 12.8. The minimum absolute atomic E-state index is 0.00404. The standard InChI is InChI=1S/C21H21ClN2O4/c22-16-3-1-2-4-18(16)27-12-14-7-9-24(10-8-14)21(26)15-5-6-19-17(11-15)23-20(25)13-28-19/h1-6,11,14H,7-10,12-13H2,(H,23,25). The minimum Gasteiger partial charge on any atom is -0.492 e. The quantitative estimate of drug-likeness (QED) is 0.851. The van der Waals surface area contributed by atoms with Crippen molar-refractivity contribution in [3.63, 3.8) is 0 Å². The van der Waals surface area contributed by atoms with Crippen LogP contribution in [-0.2, 0) is 4.79 Å². The molecule has 1 N–H and O–H groups in total. The van der Waals surface area contributed by atoms with E-state index in [1.54, 1.807) is 18.2 Å². The van der Waals surface area contributed by atoms with Crippen molar-refractivity contribution in [1.82, 2.24) is 4.90 Å². The third-order valence-corrected chi connectivity index (χ3v) is 5.38. The monoisotopic (exact) mass is 400 g/mol. The summed E-state index contributed by atoms with van der Waals surface area (Å²) in [6.07, 6.45) is 1.75. The Bertz CT molecular complexity index is 894. The number of ether oxygens (including phenoxy) is 2. The number of hydrogen-bond donors (Lipinski definition) is 1. The fourth-order valence-electron chi connectivity index (χ4n) is 3.47. The number of fused-ring (bicyclic) bond motifs is 1. The van der Waals surface area contributed by atoms with Gasteiger partial charge in [-0.2, -0.15) is 0 Å². The van der Waals surface area contributed by atoms with E-state index in [-0.39, 0.29) is 18.4 Å². The van der Waals surface area contributed by atoms with Crippen LogP contribution in [0.2, 0.25) is 5.02 Å². The third-order valence-electron chi connectivity index (χ3n) is 5.07. The third kappa shape index (κ3) is 4.07. The van der Waals surface area contributed by atoms with Crippen LogP contribution in [0.15, 0.2) is 42.5 Å². The van der Waals surface area contributed by atoms with Gasteiger partial charge in [-0.25, -0.2) is 0 Å². The maximum Gasteiger partial charge on any atom is 0.262 e. The molecule has 0 bridgehead atoms. The number of halogens is 1. The number of carbonyl (C=O) groups is 2. The molecule has 0 unspecified atom stereocenters. The Morgan fingerprint density at radius 3 is 2.79 bits per heavy atom. The summed E-state index contributed by atoms with van der Waals surface area (Å²) in [5.41, 5.74) is 1.10. The minimum atomic E-state index is -0.212. The summed E-state index contributed by atoms with van der Waals surface area (Å²) < 4.78 is 11.2. The van der Waals surface area contributed by atoms with Crippen molar-refractivity contribution >= 4 is 29.1 Å². The molecular weight excluding hydrogens is 380 g/mol. The van der Waals surface area contributed by atoms with Gasteiger partial charge in [-0.3, -0.25) is 9.59 Å². The van der Waals surface area contributed by atoms with Crippen molar-refractivity contribution in [2.24, 2.45) is 5.92 Å². The van der Waals surface area contributed by atoms with Gasteiger partial charge in [0.15, 0.2) is 6.61 Å². The second-order valence-electron chi connectivity index (χ2n) is 7.02. The number of likely N-dealkylation sites (tertiary alicyclic amines) is 1. The molecule has 0 spiro atoms. The molecule has 2 aromatic rings. The number of rotatable bonds is 4. The van der Waals surface area contributed by atoms with Crippen LogP contribution in [-0.4, -0.2) is 43.0 Å². The second-order valence-corrected chi connectivity index (χ2v) is 7.43. The summed E-state index contributed by atoms with van der Waals surface area (Å²) >= 11 is 6.12. The number of benzene rings is 2. The maximum atomic E-state index is 12.8. The van der Waals surface area contributed by atoms with Crippen LogP contribution >= 0.6 is 11.6 Å². The molecule has 0 atom stereocenters. The van der Waals surface area contributed by atoms with E-state index in [1.807, 2.05) is 29.2 Å². The number of anilines is 1. The Kier molecular flexibility index (Phi) is 5.39. The Morgan fingerprint density at radius 2 is 2.00 bits per heavy atom. The number of amides is 2. The van der Waals surface area contributed by atoms with Crippen molar-refractivity contribution in [1.29, 1.82) is 0 Å². The van der Waals surface area contributed by atoms with E-state index < -0.39 is 0 Å². The molecule has 7 heteroatoms. The molecule has 146 valence electrons. The number of hydrogen-bond acceptors (Lipinski definition) is 4. The fourth-order valence-corrected chi connectivity index (χ4v) is 3.66. The van der Waals surface area contributed by atoms with Crippen LogP contribution in [0.1, 0.15) is 23.2 Å². The molecule has 6 nitrogen and oxygen atoms in total. The van der Waals surface area contributed by atoms with Crippen LogP contribution < -0.4 is 14.8 Å². The first kappa shape index (κ1) is 18.6. The van der Waals surface area contributed by atoms with E-state index in [0.29, 0.717) is 53.4 Å². The van der Waals surface area contributed by atoms with Gasteiger partial charge < -0.3 is 19.7 Å². The second kappa shape index (κ2) is 8.10.